The summed E-state index contributed by atoms with van der Waals surface area (Å²) in [6, 6.07) is 19.2. The molecule has 2 nitrogen and oxygen atoms in total. The van der Waals surface area contributed by atoms with Crippen molar-refractivity contribution in [1.82, 2.24) is 5.32 Å². The lowest BCUT2D eigenvalue weighted by atomic mass is 9.88. The Labute approximate surface area is 131 Å². The second kappa shape index (κ2) is 5.70. The number of anilines is 1. The van der Waals surface area contributed by atoms with Crippen molar-refractivity contribution in [3.63, 3.8) is 0 Å². The zero-order chi connectivity index (χ0) is 14.9. The molecule has 0 radical (unpaired) electrons. The monoisotopic (exact) mass is 300 g/mol. The lowest BCUT2D eigenvalue weighted by Crippen LogP contribution is -2.60. The van der Waals surface area contributed by atoms with E-state index in [2.05, 4.69) is 66.5 Å². The van der Waals surface area contributed by atoms with Gasteiger partial charge in [-0.2, -0.15) is 0 Å². The minimum Gasteiger partial charge on any atom is -0.365 e. The average Bonchev–Trinajstić information content (AvgIpc) is 2.51. The summed E-state index contributed by atoms with van der Waals surface area (Å²) in [4.78, 5) is 2.44. The topological polar surface area (TPSA) is 15.3 Å². The number of piperazine rings is 1. The fraction of sp³-hybridized carbons (Fsp3) is 0.333. The van der Waals surface area contributed by atoms with Gasteiger partial charge >= 0.3 is 0 Å². The SMILES string of the molecule is CC1CNC(C)(c2ccccc2)CN1c1cccc(Cl)c1. The number of hydrogen-bond acceptors (Lipinski definition) is 2. The molecule has 2 aromatic rings. The largest absolute Gasteiger partial charge is 0.365 e. The Morgan fingerprint density at radius 2 is 1.90 bits per heavy atom. The fourth-order valence-electron chi connectivity index (χ4n) is 3.04. The minimum atomic E-state index is -0.0455. The first-order valence-corrected chi connectivity index (χ1v) is 7.79. The highest BCUT2D eigenvalue weighted by Gasteiger charge is 2.35. The van der Waals surface area contributed by atoms with Crippen molar-refractivity contribution < 1.29 is 0 Å². The summed E-state index contributed by atoms with van der Waals surface area (Å²) in [5, 5.41) is 4.49. The van der Waals surface area contributed by atoms with Crippen LogP contribution in [0.3, 0.4) is 0 Å². The van der Waals surface area contributed by atoms with Crippen LogP contribution in [0.5, 0.6) is 0 Å². The molecule has 2 aromatic carbocycles. The number of nitrogens with one attached hydrogen (secondary N) is 1. The first-order valence-electron chi connectivity index (χ1n) is 7.41. The molecule has 0 aromatic heterocycles. The van der Waals surface area contributed by atoms with Gasteiger partial charge in [0.2, 0.25) is 0 Å². The van der Waals surface area contributed by atoms with Gasteiger partial charge in [0.15, 0.2) is 0 Å². The van der Waals surface area contributed by atoms with E-state index in [1.165, 1.54) is 11.3 Å². The Morgan fingerprint density at radius 3 is 2.62 bits per heavy atom. The van der Waals surface area contributed by atoms with Gasteiger partial charge < -0.3 is 10.2 Å². The maximum atomic E-state index is 6.16. The van der Waals surface area contributed by atoms with Gasteiger partial charge in [0.25, 0.3) is 0 Å². The molecule has 0 saturated carbocycles. The Morgan fingerprint density at radius 1 is 1.14 bits per heavy atom. The van der Waals surface area contributed by atoms with Crippen LogP contribution in [0.4, 0.5) is 5.69 Å². The Bertz CT molecular complexity index is 614. The van der Waals surface area contributed by atoms with Crippen molar-refractivity contribution in [1.29, 1.82) is 0 Å². The van der Waals surface area contributed by atoms with Crippen LogP contribution in [0.25, 0.3) is 0 Å². The molecular weight excluding hydrogens is 280 g/mol. The summed E-state index contributed by atoms with van der Waals surface area (Å²) < 4.78 is 0. The molecule has 1 heterocycles. The van der Waals surface area contributed by atoms with Crippen LogP contribution in [0.1, 0.15) is 19.4 Å². The van der Waals surface area contributed by atoms with Crippen molar-refractivity contribution >= 4 is 17.3 Å². The molecule has 0 spiro atoms. The van der Waals surface area contributed by atoms with E-state index in [1.54, 1.807) is 0 Å². The predicted molar refractivity (Wildman–Crippen MR) is 90.1 cm³/mol. The first kappa shape index (κ1) is 14.4. The normalized spacial score (nSPS) is 25.9. The maximum absolute atomic E-state index is 6.16. The molecule has 21 heavy (non-hydrogen) atoms. The van der Waals surface area contributed by atoms with Crippen LogP contribution in [0.15, 0.2) is 54.6 Å². The molecule has 3 heteroatoms. The second-order valence-corrected chi connectivity index (χ2v) is 6.47. The van der Waals surface area contributed by atoms with Crippen LogP contribution in [0.2, 0.25) is 5.02 Å². The molecule has 3 rings (SSSR count). The van der Waals surface area contributed by atoms with E-state index in [4.69, 9.17) is 11.6 Å². The quantitative estimate of drug-likeness (QED) is 0.900. The molecule has 0 aliphatic carbocycles. The highest BCUT2D eigenvalue weighted by molar-refractivity contribution is 6.30. The lowest BCUT2D eigenvalue weighted by molar-refractivity contribution is 0.299. The standard InChI is InChI=1S/C18H21ClN2/c1-14-12-20-18(2,15-7-4-3-5-8-15)13-21(14)17-10-6-9-16(19)11-17/h3-11,14,20H,12-13H2,1-2H3. The van der Waals surface area contributed by atoms with Crippen LogP contribution in [-0.4, -0.2) is 19.1 Å². The van der Waals surface area contributed by atoms with Crippen molar-refractivity contribution in [2.45, 2.75) is 25.4 Å². The van der Waals surface area contributed by atoms with Crippen molar-refractivity contribution in [3.05, 3.63) is 65.2 Å². The number of halogens is 1. The van der Waals surface area contributed by atoms with Crippen LogP contribution < -0.4 is 10.2 Å². The average molecular weight is 301 g/mol. The molecule has 1 aliphatic rings. The first-order chi connectivity index (χ1) is 10.1. The second-order valence-electron chi connectivity index (χ2n) is 6.04. The molecule has 1 fully saturated rings. The van der Waals surface area contributed by atoms with E-state index in [1.807, 2.05) is 12.1 Å². The van der Waals surface area contributed by atoms with E-state index in [-0.39, 0.29) is 5.54 Å². The fourth-order valence-corrected chi connectivity index (χ4v) is 3.22. The van der Waals surface area contributed by atoms with E-state index >= 15 is 0 Å². The number of hydrogen-bond donors (Lipinski definition) is 1. The van der Waals surface area contributed by atoms with Crippen LogP contribution in [0, 0.1) is 0 Å². The molecule has 1 N–H and O–H groups in total. The summed E-state index contributed by atoms with van der Waals surface area (Å²) in [6.07, 6.45) is 0. The number of rotatable bonds is 2. The lowest BCUT2D eigenvalue weighted by Gasteiger charge is -2.46. The smallest absolute Gasteiger partial charge is 0.0584 e. The van der Waals surface area contributed by atoms with Gasteiger partial charge in [-0.05, 0) is 37.6 Å². The maximum Gasteiger partial charge on any atom is 0.0584 e. The Kier molecular flexibility index (Phi) is 3.92. The van der Waals surface area contributed by atoms with E-state index in [9.17, 15) is 0 Å². The van der Waals surface area contributed by atoms with Crippen molar-refractivity contribution in [3.8, 4) is 0 Å². The highest BCUT2D eigenvalue weighted by Crippen LogP contribution is 2.30. The predicted octanol–water partition coefficient (Wildman–Crippen LogP) is 4.05. The van der Waals surface area contributed by atoms with Gasteiger partial charge in [0, 0.05) is 29.8 Å². The number of nitrogens with zero attached hydrogens (tertiary/aromatic N) is 1. The summed E-state index contributed by atoms with van der Waals surface area (Å²) in [6.45, 7) is 6.40. The summed E-state index contributed by atoms with van der Waals surface area (Å²) >= 11 is 6.16. The van der Waals surface area contributed by atoms with Gasteiger partial charge in [-0.25, -0.2) is 0 Å². The summed E-state index contributed by atoms with van der Waals surface area (Å²) in [7, 11) is 0. The Hall–Kier alpha value is -1.51. The van der Waals surface area contributed by atoms with Gasteiger partial charge in [-0.1, -0.05) is 48.0 Å². The molecule has 0 amide bonds. The van der Waals surface area contributed by atoms with Gasteiger partial charge in [0.1, 0.15) is 0 Å². The van der Waals surface area contributed by atoms with Gasteiger partial charge in [-0.3, -0.25) is 0 Å². The third-order valence-electron chi connectivity index (χ3n) is 4.36. The van der Waals surface area contributed by atoms with Crippen LogP contribution in [-0.2, 0) is 5.54 Å². The summed E-state index contributed by atoms with van der Waals surface area (Å²) in [5.74, 6) is 0. The minimum absolute atomic E-state index is 0.0455. The van der Waals surface area contributed by atoms with E-state index < -0.39 is 0 Å². The Balaban J connectivity index is 1.92. The molecule has 2 atom stereocenters. The van der Waals surface area contributed by atoms with E-state index in [0.717, 1.165) is 18.1 Å². The molecule has 1 saturated heterocycles. The zero-order valence-corrected chi connectivity index (χ0v) is 13.3. The molecule has 2 unspecified atom stereocenters. The number of benzene rings is 2. The highest BCUT2D eigenvalue weighted by atomic mass is 35.5. The van der Waals surface area contributed by atoms with Crippen LogP contribution >= 0.6 is 11.6 Å². The summed E-state index contributed by atoms with van der Waals surface area (Å²) in [5.41, 5.74) is 2.47. The molecule has 0 bridgehead atoms. The molecule has 1 aliphatic heterocycles. The van der Waals surface area contributed by atoms with Crippen molar-refractivity contribution in [2.24, 2.45) is 0 Å². The van der Waals surface area contributed by atoms with E-state index in [0.29, 0.717) is 6.04 Å². The molecular formula is C18H21ClN2. The third kappa shape index (κ3) is 2.92. The molecule has 110 valence electrons. The zero-order valence-electron chi connectivity index (χ0n) is 12.5. The third-order valence-corrected chi connectivity index (χ3v) is 4.59. The van der Waals surface area contributed by atoms with Gasteiger partial charge in [0.05, 0.1) is 5.54 Å². The van der Waals surface area contributed by atoms with Crippen molar-refractivity contribution in [2.75, 3.05) is 18.0 Å². The van der Waals surface area contributed by atoms with Gasteiger partial charge in [-0.15, -0.1) is 0 Å².